The predicted molar refractivity (Wildman–Crippen MR) is 127 cm³/mol. The molecule has 0 bridgehead atoms. The third-order valence-electron chi connectivity index (χ3n) is 6.59. The van der Waals surface area contributed by atoms with E-state index in [1.807, 2.05) is 18.2 Å². The van der Waals surface area contributed by atoms with Gasteiger partial charge in [0.2, 0.25) is 5.91 Å². The number of nitrogens with zero attached hydrogens (tertiary/aromatic N) is 4. The normalized spacial score (nSPS) is 19.2. The number of benzene rings is 1. The van der Waals surface area contributed by atoms with Crippen LogP contribution in [0.4, 0.5) is 10.2 Å². The van der Waals surface area contributed by atoms with Crippen LogP contribution in [0, 0.1) is 5.82 Å². The van der Waals surface area contributed by atoms with Crippen molar-refractivity contribution in [2.24, 2.45) is 7.05 Å². The highest BCUT2D eigenvalue weighted by Crippen LogP contribution is 2.30. The molecule has 32 heavy (non-hydrogen) atoms. The summed E-state index contributed by atoms with van der Waals surface area (Å²) in [7, 11) is 2.07. The van der Waals surface area contributed by atoms with Crippen LogP contribution in [0.3, 0.4) is 0 Å². The van der Waals surface area contributed by atoms with Gasteiger partial charge in [0.25, 0.3) is 0 Å². The van der Waals surface area contributed by atoms with Gasteiger partial charge in [0.15, 0.2) is 0 Å². The zero-order valence-electron chi connectivity index (χ0n) is 18.5. The van der Waals surface area contributed by atoms with Gasteiger partial charge in [0.1, 0.15) is 17.3 Å². The van der Waals surface area contributed by atoms with E-state index in [2.05, 4.69) is 34.8 Å². The molecule has 6 nitrogen and oxygen atoms in total. The number of pyridine rings is 1. The second-order valence-electron chi connectivity index (χ2n) is 8.71. The summed E-state index contributed by atoms with van der Waals surface area (Å²) in [6.45, 7) is 5.66. The Morgan fingerprint density at radius 3 is 2.69 bits per heavy atom. The number of fused-ring (bicyclic) bond motifs is 3. The standard InChI is InChI=1S/C24H28FN5O.ClH/c1-16-13-21-20(14-26-16)19-7-8-22(27-24(19)28(21)2)30-12-11-29(15-23(30)31)10-9-17-3-5-18(25)6-4-17;/h3-8,16,26H,9-15H2,1-2H3;1H. The van der Waals surface area contributed by atoms with Gasteiger partial charge in [-0.05, 0) is 48.7 Å². The molecule has 4 heterocycles. The molecule has 0 radical (unpaired) electrons. The average molecular weight is 458 g/mol. The van der Waals surface area contributed by atoms with E-state index < -0.39 is 0 Å². The molecule has 170 valence electrons. The fraction of sp³-hybridized carbons (Fsp3) is 0.417. The Labute approximate surface area is 193 Å². The number of carbonyl (C=O) groups is 1. The van der Waals surface area contributed by atoms with Gasteiger partial charge < -0.3 is 9.88 Å². The van der Waals surface area contributed by atoms with E-state index in [4.69, 9.17) is 4.98 Å². The third kappa shape index (κ3) is 4.25. The van der Waals surface area contributed by atoms with Crippen molar-refractivity contribution in [1.29, 1.82) is 0 Å². The summed E-state index contributed by atoms with van der Waals surface area (Å²) < 4.78 is 15.3. The van der Waals surface area contributed by atoms with Gasteiger partial charge in [-0.3, -0.25) is 14.6 Å². The maximum Gasteiger partial charge on any atom is 0.242 e. The average Bonchev–Trinajstić information content (AvgIpc) is 3.04. The molecule has 0 saturated carbocycles. The van der Waals surface area contributed by atoms with Crippen molar-refractivity contribution in [3.63, 3.8) is 0 Å². The summed E-state index contributed by atoms with van der Waals surface area (Å²) in [5, 5.41) is 4.70. The Bertz CT molecular complexity index is 1130. The van der Waals surface area contributed by atoms with Crippen molar-refractivity contribution in [1.82, 2.24) is 19.8 Å². The van der Waals surface area contributed by atoms with Gasteiger partial charge in [0, 0.05) is 56.8 Å². The highest BCUT2D eigenvalue weighted by molar-refractivity contribution is 5.96. The van der Waals surface area contributed by atoms with E-state index >= 15 is 0 Å². The largest absolute Gasteiger partial charge is 0.332 e. The molecular weight excluding hydrogens is 429 g/mol. The lowest BCUT2D eigenvalue weighted by Crippen LogP contribution is -2.51. The molecule has 3 aromatic rings. The number of nitrogens with one attached hydrogen (secondary N) is 1. The number of hydrogen-bond acceptors (Lipinski definition) is 4. The van der Waals surface area contributed by atoms with E-state index in [-0.39, 0.29) is 24.1 Å². The number of anilines is 1. The molecule has 0 spiro atoms. The van der Waals surface area contributed by atoms with Crippen molar-refractivity contribution < 1.29 is 9.18 Å². The molecule has 8 heteroatoms. The van der Waals surface area contributed by atoms with Gasteiger partial charge in [-0.15, -0.1) is 12.4 Å². The summed E-state index contributed by atoms with van der Waals surface area (Å²) in [6.07, 6.45) is 1.79. The highest BCUT2D eigenvalue weighted by atomic mass is 35.5. The van der Waals surface area contributed by atoms with Crippen LogP contribution in [0.2, 0.25) is 0 Å². The van der Waals surface area contributed by atoms with Crippen LogP contribution in [-0.4, -0.2) is 52.6 Å². The Morgan fingerprint density at radius 1 is 1.16 bits per heavy atom. The van der Waals surface area contributed by atoms with Crippen LogP contribution < -0.4 is 10.2 Å². The molecule has 2 aromatic heterocycles. The van der Waals surface area contributed by atoms with Crippen LogP contribution in [0.5, 0.6) is 0 Å². The van der Waals surface area contributed by atoms with Crippen molar-refractivity contribution in [2.45, 2.75) is 32.4 Å². The molecule has 1 amide bonds. The summed E-state index contributed by atoms with van der Waals surface area (Å²) in [6, 6.07) is 11.1. The third-order valence-corrected chi connectivity index (χ3v) is 6.59. The predicted octanol–water partition coefficient (Wildman–Crippen LogP) is 3.06. The lowest BCUT2D eigenvalue weighted by molar-refractivity contribution is -0.121. The molecule has 1 fully saturated rings. The number of aryl methyl sites for hydroxylation is 1. The first kappa shape index (κ1) is 22.7. The van der Waals surface area contributed by atoms with Crippen LogP contribution in [0.1, 0.15) is 23.7 Å². The minimum Gasteiger partial charge on any atom is -0.332 e. The maximum absolute atomic E-state index is 13.1. The zero-order valence-corrected chi connectivity index (χ0v) is 19.3. The van der Waals surface area contributed by atoms with E-state index in [1.54, 1.807) is 4.90 Å². The van der Waals surface area contributed by atoms with Crippen LogP contribution in [-0.2, 0) is 31.2 Å². The molecule has 1 atom stereocenters. The monoisotopic (exact) mass is 457 g/mol. The number of hydrogen-bond donors (Lipinski definition) is 1. The van der Waals surface area contributed by atoms with Crippen LogP contribution in [0.25, 0.3) is 11.0 Å². The van der Waals surface area contributed by atoms with Crippen molar-refractivity contribution in [3.8, 4) is 0 Å². The Hall–Kier alpha value is -2.48. The Balaban J connectivity index is 0.00000245. The van der Waals surface area contributed by atoms with E-state index in [0.717, 1.165) is 49.5 Å². The molecule has 2 aliphatic rings. The molecule has 1 saturated heterocycles. The number of piperazine rings is 1. The summed E-state index contributed by atoms with van der Waals surface area (Å²) >= 11 is 0. The molecule has 0 aliphatic carbocycles. The minimum atomic E-state index is -0.221. The van der Waals surface area contributed by atoms with Gasteiger partial charge in [-0.2, -0.15) is 0 Å². The first-order valence-corrected chi connectivity index (χ1v) is 11.0. The van der Waals surface area contributed by atoms with Crippen molar-refractivity contribution in [3.05, 3.63) is 59.0 Å². The zero-order chi connectivity index (χ0) is 21.5. The number of aromatic nitrogens is 2. The van der Waals surface area contributed by atoms with Crippen LogP contribution in [0.15, 0.2) is 36.4 Å². The molecule has 1 N–H and O–H groups in total. The fourth-order valence-electron chi connectivity index (χ4n) is 4.75. The lowest BCUT2D eigenvalue weighted by Gasteiger charge is -2.33. The second-order valence-corrected chi connectivity index (χ2v) is 8.71. The van der Waals surface area contributed by atoms with E-state index in [0.29, 0.717) is 19.1 Å². The van der Waals surface area contributed by atoms with E-state index in [9.17, 15) is 9.18 Å². The van der Waals surface area contributed by atoms with Crippen LogP contribution >= 0.6 is 12.4 Å². The second kappa shape index (κ2) is 9.17. The molecule has 5 rings (SSSR count). The Kier molecular flexibility index (Phi) is 6.51. The molecule has 2 aliphatic heterocycles. The highest BCUT2D eigenvalue weighted by Gasteiger charge is 2.27. The number of halogens is 2. The smallest absolute Gasteiger partial charge is 0.242 e. The number of amides is 1. The lowest BCUT2D eigenvalue weighted by atomic mass is 10.0. The van der Waals surface area contributed by atoms with Gasteiger partial charge in [0.05, 0.1) is 6.54 Å². The van der Waals surface area contributed by atoms with Gasteiger partial charge >= 0.3 is 0 Å². The van der Waals surface area contributed by atoms with Gasteiger partial charge in [-0.25, -0.2) is 9.37 Å². The first-order valence-electron chi connectivity index (χ1n) is 11.0. The number of carbonyl (C=O) groups excluding carboxylic acids is 1. The summed E-state index contributed by atoms with van der Waals surface area (Å²) in [4.78, 5) is 21.8. The van der Waals surface area contributed by atoms with Crippen molar-refractivity contribution >= 4 is 35.2 Å². The number of rotatable bonds is 4. The summed E-state index contributed by atoms with van der Waals surface area (Å²) in [5.74, 6) is 0.586. The quantitative estimate of drug-likeness (QED) is 0.654. The van der Waals surface area contributed by atoms with Gasteiger partial charge in [-0.1, -0.05) is 12.1 Å². The molecule has 1 unspecified atom stereocenters. The topological polar surface area (TPSA) is 53.4 Å². The molecular formula is C24H29ClFN5O. The molecule has 1 aromatic carbocycles. The van der Waals surface area contributed by atoms with E-state index in [1.165, 1.54) is 28.8 Å². The SMILES string of the molecule is CC1Cc2c(c3ccc(N4CCN(CCc5ccc(F)cc5)CC4=O)nc3n2C)CN1.Cl. The summed E-state index contributed by atoms with van der Waals surface area (Å²) in [5.41, 5.74) is 4.69. The Morgan fingerprint density at radius 2 is 1.94 bits per heavy atom. The fourth-order valence-corrected chi connectivity index (χ4v) is 4.75. The minimum absolute atomic E-state index is 0. The van der Waals surface area contributed by atoms with Crippen molar-refractivity contribution in [2.75, 3.05) is 31.1 Å². The first-order chi connectivity index (χ1) is 15.0. The maximum atomic E-state index is 13.1.